The minimum atomic E-state index is 0.433. The Morgan fingerprint density at radius 3 is 2.20 bits per heavy atom. The maximum Gasteiger partial charge on any atom is 0.150 e. The van der Waals surface area contributed by atoms with Gasteiger partial charge in [0.1, 0.15) is 31.0 Å². The Bertz CT molecular complexity index is 579. The Morgan fingerprint density at radius 1 is 1.00 bits per heavy atom. The summed E-state index contributed by atoms with van der Waals surface area (Å²) in [5.74, 6) is 1.48. The number of carbonyl (C=O) groups excluding carboxylic acids is 1. The fourth-order valence-electron chi connectivity index (χ4n) is 1.67. The van der Waals surface area contributed by atoms with Crippen molar-refractivity contribution in [2.24, 2.45) is 0 Å². The molecular formula is C16H15ClO3. The van der Waals surface area contributed by atoms with Crippen molar-refractivity contribution in [3.05, 3.63) is 58.6 Å². The SMILES string of the molecule is Cc1cc(OCCOc2ccc(C=O)cc2)ccc1Cl. The van der Waals surface area contributed by atoms with Crippen LogP contribution in [0.15, 0.2) is 42.5 Å². The van der Waals surface area contributed by atoms with Crippen molar-refractivity contribution in [1.82, 2.24) is 0 Å². The van der Waals surface area contributed by atoms with Crippen LogP contribution in [0.4, 0.5) is 0 Å². The third kappa shape index (κ3) is 4.00. The molecule has 2 aromatic carbocycles. The standard InChI is InChI=1S/C16H15ClO3/c1-12-10-15(6-7-16(12)17)20-9-8-19-14-4-2-13(11-18)3-5-14/h2-7,10-11H,8-9H2,1H3. The first kappa shape index (κ1) is 14.4. The van der Waals surface area contributed by atoms with E-state index in [1.165, 1.54) is 0 Å². The molecule has 20 heavy (non-hydrogen) atoms. The number of ether oxygens (including phenoxy) is 2. The van der Waals surface area contributed by atoms with Gasteiger partial charge in [0.2, 0.25) is 0 Å². The number of hydrogen-bond acceptors (Lipinski definition) is 3. The normalized spacial score (nSPS) is 10.1. The molecular weight excluding hydrogens is 276 g/mol. The summed E-state index contributed by atoms with van der Waals surface area (Å²) in [6.45, 7) is 2.80. The topological polar surface area (TPSA) is 35.5 Å². The summed E-state index contributed by atoms with van der Waals surface area (Å²) in [6.07, 6.45) is 0.801. The summed E-state index contributed by atoms with van der Waals surface area (Å²) in [5.41, 5.74) is 1.61. The van der Waals surface area contributed by atoms with Crippen LogP contribution in [-0.2, 0) is 0 Å². The molecule has 0 N–H and O–H groups in total. The number of hydrogen-bond donors (Lipinski definition) is 0. The molecule has 0 saturated carbocycles. The highest BCUT2D eigenvalue weighted by Crippen LogP contribution is 2.21. The first-order valence-corrected chi connectivity index (χ1v) is 6.64. The van der Waals surface area contributed by atoms with Gasteiger partial charge in [-0.05, 0) is 55.0 Å². The smallest absolute Gasteiger partial charge is 0.150 e. The van der Waals surface area contributed by atoms with E-state index in [-0.39, 0.29) is 0 Å². The van der Waals surface area contributed by atoms with Gasteiger partial charge in [-0.2, -0.15) is 0 Å². The van der Waals surface area contributed by atoms with Gasteiger partial charge >= 0.3 is 0 Å². The third-order valence-corrected chi connectivity index (χ3v) is 3.19. The van der Waals surface area contributed by atoms with E-state index in [4.69, 9.17) is 21.1 Å². The van der Waals surface area contributed by atoms with Crippen LogP contribution in [-0.4, -0.2) is 19.5 Å². The van der Waals surface area contributed by atoms with Crippen LogP contribution in [0, 0.1) is 6.92 Å². The van der Waals surface area contributed by atoms with E-state index in [9.17, 15) is 4.79 Å². The lowest BCUT2D eigenvalue weighted by Crippen LogP contribution is -2.09. The Kier molecular flexibility index (Phi) is 5.02. The minimum absolute atomic E-state index is 0.433. The summed E-state index contributed by atoms with van der Waals surface area (Å²) < 4.78 is 11.1. The molecule has 104 valence electrons. The predicted octanol–water partition coefficient (Wildman–Crippen LogP) is 3.92. The highest BCUT2D eigenvalue weighted by Gasteiger charge is 1.99. The summed E-state index contributed by atoms with van der Waals surface area (Å²) >= 11 is 5.94. The quantitative estimate of drug-likeness (QED) is 0.597. The summed E-state index contributed by atoms with van der Waals surface area (Å²) in [4.78, 5) is 10.5. The summed E-state index contributed by atoms with van der Waals surface area (Å²) in [5, 5.41) is 0.726. The third-order valence-electron chi connectivity index (χ3n) is 2.77. The fraction of sp³-hybridized carbons (Fsp3) is 0.188. The van der Waals surface area contributed by atoms with Crippen molar-refractivity contribution < 1.29 is 14.3 Å². The first-order chi connectivity index (χ1) is 9.69. The zero-order valence-electron chi connectivity index (χ0n) is 11.1. The molecule has 0 aliphatic rings. The van der Waals surface area contributed by atoms with Gasteiger partial charge < -0.3 is 9.47 Å². The van der Waals surface area contributed by atoms with E-state index in [2.05, 4.69) is 0 Å². The molecule has 4 heteroatoms. The van der Waals surface area contributed by atoms with Gasteiger partial charge in [-0.3, -0.25) is 4.79 Å². The largest absolute Gasteiger partial charge is 0.490 e. The Balaban J connectivity index is 1.78. The van der Waals surface area contributed by atoms with Gasteiger partial charge in [0.25, 0.3) is 0 Å². The van der Waals surface area contributed by atoms with Crippen LogP contribution in [0.2, 0.25) is 5.02 Å². The molecule has 0 aliphatic carbocycles. The van der Waals surface area contributed by atoms with Crippen molar-refractivity contribution in [3.8, 4) is 11.5 Å². The molecule has 0 unspecified atom stereocenters. The molecule has 0 atom stereocenters. The van der Waals surface area contributed by atoms with Crippen molar-refractivity contribution >= 4 is 17.9 Å². The molecule has 0 radical (unpaired) electrons. The van der Waals surface area contributed by atoms with Crippen molar-refractivity contribution in [2.75, 3.05) is 13.2 Å². The van der Waals surface area contributed by atoms with Crippen LogP contribution in [0.1, 0.15) is 15.9 Å². The van der Waals surface area contributed by atoms with Gasteiger partial charge in [-0.25, -0.2) is 0 Å². The second-order valence-corrected chi connectivity index (χ2v) is 4.70. The molecule has 2 rings (SSSR count). The van der Waals surface area contributed by atoms with Gasteiger partial charge in [0, 0.05) is 10.6 Å². The average molecular weight is 291 g/mol. The van der Waals surface area contributed by atoms with E-state index < -0.39 is 0 Å². The average Bonchev–Trinajstić information content (AvgIpc) is 2.48. The molecule has 2 aromatic rings. The van der Waals surface area contributed by atoms with E-state index >= 15 is 0 Å². The van der Waals surface area contributed by atoms with Crippen molar-refractivity contribution in [2.45, 2.75) is 6.92 Å². The monoisotopic (exact) mass is 290 g/mol. The molecule has 3 nitrogen and oxygen atoms in total. The maximum atomic E-state index is 10.5. The molecule has 0 bridgehead atoms. The first-order valence-electron chi connectivity index (χ1n) is 6.26. The van der Waals surface area contributed by atoms with Gasteiger partial charge in [0.15, 0.2) is 0 Å². The Hall–Kier alpha value is -2.00. The number of halogens is 1. The van der Waals surface area contributed by atoms with E-state index in [1.54, 1.807) is 24.3 Å². The lowest BCUT2D eigenvalue weighted by atomic mass is 10.2. The highest BCUT2D eigenvalue weighted by molar-refractivity contribution is 6.31. The van der Waals surface area contributed by atoms with Gasteiger partial charge in [-0.1, -0.05) is 11.6 Å². The summed E-state index contributed by atoms with van der Waals surface area (Å²) in [6, 6.07) is 12.5. The molecule has 0 aliphatic heterocycles. The second kappa shape index (κ2) is 6.96. The lowest BCUT2D eigenvalue weighted by Gasteiger charge is -2.09. The number of rotatable bonds is 6. The number of carbonyl (C=O) groups is 1. The van der Waals surface area contributed by atoms with Crippen LogP contribution in [0.5, 0.6) is 11.5 Å². The fourth-order valence-corrected chi connectivity index (χ4v) is 1.79. The molecule has 0 fully saturated rings. The minimum Gasteiger partial charge on any atom is -0.490 e. The van der Waals surface area contributed by atoms with Crippen LogP contribution >= 0.6 is 11.6 Å². The van der Waals surface area contributed by atoms with Crippen molar-refractivity contribution in [1.29, 1.82) is 0 Å². The molecule has 0 aromatic heterocycles. The lowest BCUT2D eigenvalue weighted by molar-refractivity contribution is 0.112. The molecule has 0 spiro atoms. The highest BCUT2D eigenvalue weighted by atomic mass is 35.5. The molecule has 0 saturated heterocycles. The zero-order valence-corrected chi connectivity index (χ0v) is 11.9. The zero-order chi connectivity index (χ0) is 14.4. The Labute approximate surface area is 123 Å². The number of aldehydes is 1. The molecule has 0 heterocycles. The number of benzene rings is 2. The second-order valence-electron chi connectivity index (χ2n) is 4.29. The van der Waals surface area contributed by atoms with E-state index in [0.717, 1.165) is 22.6 Å². The predicted molar refractivity (Wildman–Crippen MR) is 79.0 cm³/mol. The number of aryl methyl sites for hydroxylation is 1. The van der Waals surface area contributed by atoms with Crippen LogP contribution in [0.3, 0.4) is 0 Å². The van der Waals surface area contributed by atoms with Gasteiger partial charge in [-0.15, -0.1) is 0 Å². The summed E-state index contributed by atoms with van der Waals surface area (Å²) in [7, 11) is 0. The van der Waals surface area contributed by atoms with E-state index in [0.29, 0.717) is 24.5 Å². The molecule has 0 amide bonds. The van der Waals surface area contributed by atoms with Gasteiger partial charge in [0.05, 0.1) is 0 Å². The van der Waals surface area contributed by atoms with Crippen molar-refractivity contribution in [3.63, 3.8) is 0 Å². The Morgan fingerprint density at radius 2 is 1.60 bits per heavy atom. The maximum absolute atomic E-state index is 10.5. The van der Waals surface area contributed by atoms with Crippen LogP contribution < -0.4 is 9.47 Å². The van der Waals surface area contributed by atoms with E-state index in [1.807, 2.05) is 25.1 Å². The van der Waals surface area contributed by atoms with Crippen LogP contribution in [0.25, 0.3) is 0 Å².